The zero-order chi connectivity index (χ0) is 20.6. The number of rotatable bonds is 8. The molecule has 0 aliphatic heterocycles. The van der Waals surface area contributed by atoms with Gasteiger partial charge in [-0.15, -0.1) is 0 Å². The van der Waals surface area contributed by atoms with Gasteiger partial charge >= 0.3 is 12.3 Å². The van der Waals surface area contributed by atoms with Crippen LogP contribution in [0, 0.1) is 5.92 Å². The van der Waals surface area contributed by atoms with E-state index in [0.717, 1.165) is 50.3 Å². The predicted molar refractivity (Wildman–Crippen MR) is 103 cm³/mol. The monoisotopic (exact) mass is 400 g/mol. The first-order valence-corrected chi connectivity index (χ1v) is 10.1. The zero-order valence-electron chi connectivity index (χ0n) is 16.7. The second-order valence-electron chi connectivity index (χ2n) is 7.63. The van der Waals surface area contributed by atoms with Crippen LogP contribution in [0.4, 0.5) is 18.0 Å². The Labute approximate surface area is 165 Å². The van der Waals surface area contributed by atoms with Crippen LogP contribution in [0.2, 0.25) is 0 Å². The lowest BCUT2D eigenvalue weighted by molar-refractivity contribution is -0.137. The van der Waals surface area contributed by atoms with E-state index in [0.29, 0.717) is 0 Å². The molecular weight excluding hydrogens is 369 g/mol. The number of carbonyl (C=O) groups excluding carboxylic acids is 1. The number of halogens is 3. The summed E-state index contributed by atoms with van der Waals surface area (Å²) in [4.78, 5) is 13.9. The molecule has 0 spiro atoms. The van der Waals surface area contributed by atoms with Crippen molar-refractivity contribution in [2.24, 2.45) is 5.92 Å². The van der Waals surface area contributed by atoms with E-state index in [-0.39, 0.29) is 11.8 Å². The Kier molecular flexibility index (Phi) is 8.60. The van der Waals surface area contributed by atoms with Gasteiger partial charge in [-0.2, -0.15) is 13.2 Å². The van der Waals surface area contributed by atoms with E-state index in [9.17, 15) is 18.0 Å². The highest BCUT2D eigenvalue weighted by Crippen LogP contribution is 2.32. The maximum absolute atomic E-state index is 12.6. The highest BCUT2D eigenvalue weighted by atomic mass is 19.4. The van der Waals surface area contributed by atoms with Crippen molar-refractivity contribution in [3.05, 3.63) is 29.8 Å². The average Bonchev–Trinajstić information content (AvgIpc) is 2.67. The SMILES string of the molecule is CNCCCCC[C@H]1CC[C@H](N(C)C(=O)Oc2ccc(C(F)(F)F)cc2)CC1. The molecule has 0 aromatic heterocycles. The minimum Gasteiger partial charge on any atom is -0.410 e. The molecule has 1 N–H and O–H groups in total. The number of benzene rings is 1. The molecule has 28 heavy (non-hydrogen) atoms. The Bertz CT molecular complexity index is 597. The van der Waals surface area contributed by atoms with E-state index in [4.69, 9.17) is 4.74 Å². The molecule has 1 aromatic carbocycles. The van der Waals surface area contributed by atoms with Gasteiger partial charge < -0.3 is 15.0 Å². The van der Waals surface area contributed by atoms with E-state index in [2.05, 4.69) is 5.32 Å². The topological polar surface area (TPSA) is 41.6 Å². The lowest BCUT2D eigenvalue weighted by Gasteiger charge is -2.34. The summed E-state index contributed by atoms with van der Waals surface area (Å²) in [5.74, 6) is 0.852. The summed E-state index contributed by atoms with van der Waals surface area (Å²) in [7, 11) is 3.68. The van der Waals surface area contributed by atoms with Crippen LogP contribution in [0.25, 0.3) is 0 Å². The molecule has 158 valence electrons. The molecule has 0 radical (unpaired) electrons. The first-order valence-electron chi connectivity index (χ1n) is 10.1. The zero-order valence-corrected chi connectivity index (χ0v) is 16.7. The number of alkyl halides is 3. The molecule has 0 bridgehead atoms. The first-order chi connectivity index (χ1) is 13.3. The summed E-state index contributed by atoms with van der Waals surface area (Å²) in [6.07, 6.45) is 4.15. The van der Waals surface area contributed by atoms with Gasteiger partial charge in [0, 0.05) is 13.1 Å². The molecule has 1 fully saturated rings. The van der Waals surface area contributed by atoms with Crippen molar-refractivity contribution in [3.8, 4) is 5.75 Å². The summed E-state index contributed by atoms with van der Waals surface area (Å²) >= 11 is 0. The smallest absolute Gasteiger partial charge is 0.410 e. The highest BCUT2D eigenvalue weighted by molar-refractivity contribution is 5.70. The molecule has 2 rings (SSSR count). The third kappa shape index (κ3) is 7.00. The van der Waals surface area contributed by atoms with Crippen LogP contribution in [-0.2, 0) is 6.18 Å². The van der Waals surface area contributed by atoms with Crippen LogP contribution >= 0.6 is 0 Å². The lowest BCUT2D eigenvalue weighted by Crippen LogP contribution is -2.41. The molecule has 1 amide bonds. The van der Waals surface area contributed by atoms with Gasteiger partial charge in [0.25, 0.3) is 0 Å². The maximum atomic E-state index is 12.6. The molecule has 0 unspecified atom stereocenters. The molecule has 1 aliphatic rings. The Hall–Kier alpha value is -1.76. The molecule has 4 nitrogen and oxygen atoms in total. The van der Waals surface area contributed by atoms with Crippen molar-refractivity contribution < 1.29 is 22.7 Å². The first kappa shape index (κ1) is 22.5. The van der Waals surface area contributed by atoms with Crippen LogP contribution in [-0.4, -0.2) is 37.7 Å². The van der Waals surface area contributed by atoms with Crippen molar-refractivity contribution in [2.45, 2.75) is 63.6 Å². The van der Waals surface area contributed by atoms with Crippen molar-refractivity contribution in [1.82, 2.24) is 10.2 Å². The molecule has 1 aromatic rings. The Morgan fingerprint density at radius 2 is 1.75 bits per heavy atom. The van der Waals surface area contributed by atoms with Gasteiger partial charge in [0.1, 0.15) is 5.75 Å². The Balaban J connectivity index is 1.73. The van der Waals surface area contributed by atoms with E-state index in [1.807, 2.05) is 7.05 Å². The van der Waals surface area contributed by atoms with E-state index in [1.54, 1.807) is 11.9 Å². The van der Waals surface area contributed by atoms with Crippen molar-refractivity contribution in [3.63, 3.8) is 0 Å². The fourth-order valence-corrected chi connectivity index (χ4v) is 3.77. The molecule has 0 heterocycles. The van der Waals surface area contributed by atoms with Crippen LogP contribution in [0.15, 0.2) is 24.3 Å². The molecule has 0 saturated heterocycles. The van der Waals surface area contributed by atoms with Crippen LogP contribution in [0.3, 0.4) is 0 Å². The third-order valence-corrected chi connectivity index (χ3v) is 5.58. The van der Waals surface area contributed by atoms with Gasteiger partial charge in [-0.05, 0) is 75.9 Å². The summed E-state index contributed by atoms with van der Waals surface area (Å²) in [6, 6.07) is 4.33. The number of hydrogen-bond donors (Lipinski definition) is 1. The van der Waals surface area contributed by atoms with Gasteiger partial charge in [0.05, 0.1) is 5.56 Å². The van der Waals surface area contributed by atoms with Crippen LogP contribution in [0.5, 0.6) is 5.75 Å². The Morgan fingerprint density at radius 3 is 2.32 bits per heavy atom. The fourth-order valence-electron chi connectivity index (χ4n) is 3.77. The quantitative estimate of drug-likeness (QED) is 0.588. The molecular formula is C21H31F3N2O2. The minimum atomic E-state index is -4.40. The number of unbranched alkanes of at least 4 members (excludes halogenated alkanes) is 2. The standard InChI is InChI=1S/C21H31F3N2O2/c1-25-15-5-3-4-6-16-7-11-18(12-8-16)26(2)20(27)28-19-13-9-17(10-14-19)21(22,23)24/h9-10,13-14,16,18,25H,3-8,11-12,15H2,1-2H3/t16-,18-. The highest BCUT2D eigenvalue weighted by Gasteiger charge is 2.30. The third-order valence-electron chi connectivity index (χ3n) is 5.58. The second-order valence-corrected chi connectivity index (χ2v) is 7.63. The predicted octanol–water partition coefficient (Wildman–Crippen LogP) is 5.47. The fraction of sp³-hybridized carbons (Fsp3) is 0.667. The summed E-state index contributed by atoms with van der Waals surface area (Å²) in [5.41, 5.74) is -0.759. The molecule has 1 saturated carbocycles. The van der Waals surface area contributed by atoms with Crippen molar-refractivity contribution in [1.29, 1.82) is 0 Å². The van der Waals surface area contributed by atoms with Crippen LogP contribution in [0.1, 0.15) is 56.9 Å². The number of carbonyl (C=O) groups is 1. The van der Waals surface area contributed by atoms with E-state index < -0.39 is 17.8 Å². The summed E-state index contributed by atoms with van der Waals surface area (Å²) < 4.78 is 43.0. The molecule has 0 atom stereocenters. The lowest BCUT2D eigenvalue weighted by atomic mass is 9.82. The minimum absolute atomic E-state index is 0.125. The van der Waals surface area contributed by atoms with Gasteiger partial charge in [-0.3, -0.25) is 0 Å². The normalized spacial score (nSPS) is 20.0. The van der Waals surface area contributed by atoms with Crippen LogP contribution < -0.4 is 10.1 Å². The molecule has 7 heteroatoms. The van der Waals surface area contributed by atoms with Gasteiger partial charge in [0.2, 0.25) is 0 Å². The number of amides is 1. The summed E-state index contributed by atoms with van der Waals surface area (Å²) in [5, 5.41) is 3.16. The molecule has 1 aliphatic carbocycles. The summed E-state index contributed by atoms with van der Waals surface area (Å²) in [6.45, 7) is 1.07. The second kappa shape index (κ2) is 10.7. The van der Waals surface area contributed by atoms with Crippen molar-refractivity contribution in [2.75, 3.05) is 20.6 Å². The van der Waals surface area contributed by atoms with Gasteiger partial charge in [-0.1, -0.05) is 19.3 Å². The number of nitrogens with one attached hydrogen (secondary N) is 1. The number of hydrogen-bond acceptors (Lipinski definition) is 3. The van der Waals surface area contributed by atoms with E-state index >= 15 is 0 Å². The Morgan fingerprint density at radius 1 is 1.11 bits per heavy atom. The maximum Gasteiger partial charge on any atom is 0.416 e. The van der Waals surface area contributed by atoms with E-state index in [1.165, 1.54) is 37.8 Å². The average molecular weight is 400 g/mol. The largest absolute Gasteiger partial charge is 0.416 e. The van der Waals surface area contributed by atoms with Gasteiger partial charge in [-0.25, -0.2) is 4.79 Å². The number of nitrogens with zero attached hydrogens (tertiary/aromatic N) is 1. The van der Waals surface area contributed by atoms with Crippen molar-refractivity contribution >= 4 is 6.09 Å². The van der Waals surface area contributed by atoms with Gasteiger partial charge in [0.15, 0.2) is 0 Å². The number of ether oxygens (including phenoxy) is 1.